The van der Waals surface area contributed by atoms with Gasteiger partial charge in [-0.25, -0.2) is 0 Å². The van der Waals surface area contributed by atoms with Crippen LogP contribution in [0.25, 0.3) is 10.6 Å². The highest BCUT2D eigenvalue weighted by atomic mass is 35.5. The lowest BCUT2D eigenvalue weighted by molar-refractivity contribution is -0.122. The molecule has 134 valence electrons. The average molecular weight is 390 g/mol. The molecule has 0 radical (unpaired) electrons. The van der Waals surface area contributed by atoms with Crippen molar-refractivity contribution in [3.8, 4) is 22.1 Å². The molecular formula is C18H16ClN3O3S. The highest BCUT2D eigenvalue weighted by Gasteiger charge is 2.17. The molecule has 1 heterocycles. The Hall–Kier alpha value is -2.64. The number of hydrogen-bond acceptors (Lipinski definition) is 6. The van der Waals surface area contributed by atoms with Crippen molar-refractivity contribution < 1.29 is 14.3 Å². The van der Waals surface area contributed by atoms with Crippen LogP contribution in [0, 0.1) is 0 Å². The fraction of sp³-hybridized carbons (Fsp3) is 0.167. The van der Waals surface area contributed by atoms with Crippen LogP contribution >= 0.6 is 22.9 Å². The summed E-state index contributed by atoms with van der Waals surface area (Å²) in [5.74, 6) is 0.893. The lowest BCUT2D eigenvalue weighted by Crippen LogP contribution is -2.30. The molecule has 3 aromatic rings. The number of nitrogens with zero attached hydrogens (tertiary/aromatic N) is 2. The summed E-state index contributed by atoms with van der Waals surface area (Å²) in [5.41, 5.74) is 0.882. The van der Waals surface area contributed by atoms with Gasteiger partial charge in [-0.1, -0.05) is 41.1 Å². The maximum Gasteiger partial charge on any atom is 0.266 e. The number of ether oxygens (including phenoxy) is 2. The van der Waals surface area contributed by atoms with E-state index in [9.17, 15) is 4.79 Å². The molecular weight excluding hydrogens is 374 g/mol. The molecule has 6 nitrogen and oxygen atoms in total. The van der Waals surface area contributed by atoms with Crippen LogP contribution in [0.5, 0.6) is 11.5 Å². The predicted octanol–water partition coefficient (Wildman–Crippen LogP) is 4.27. The number of carbonyl (C=O) groups excluding carboxylic acids is 1. The summed E-state index contributed by atoms with van der Waals surface area (Å²) in [4.78, 5) is 12.3. The van der Waals surface area contributed by atoms with Crippen molar-refractivity contribution in [3.63, 3.8) is 0 Å². The first-order valence-electron chi connectivity index (χ1n) is 7.76. The van der Waals surface area contributed by atoms with E-state index in [2.05, 4.69) is 15.5 Å². The second-order valence-corrected chi connectivity index (χ2v) is 6.76. The van der Waals surface area contributed by atoms with E-state index in [-0.39, 0.29) is 5.91 Å². The zero-order valence-electron chi connectivity index (χ0n) is 14.1. The number of carbonyl (C=O) groups is 1. The number of rotatable bonds is 6. The van der Waals surface area contributed by atoms with Crippen LogP contribution in [-0.2, 0) is 4.79 Å². The number of hydrogen-bond donors (Lipinski definition) is 1. The average Bonchev–Trinajstić information content (AvgIpc) is 3.11. The van der Waals surface area contributed by atoms with Gasteiger partial charge in [0.2, 0.25) is 5.13 Å². The third-order valence-corrected chi connectivity index (χ3v) is 4.61. The van der Waals surface area contributed by atoms with E-state index in [1.807, 2.05) is 12.1 Å². The quantitative estimate of drug-likeness (QED) is 0.681. The first-order valence-corrected chi connectivity index (χ1v) is 8.95. The van der Waals surface area contributed by atoms with Crippen molar-refractivity contribution in [2.45, 2.75) is 13.0 Å². The summed E-state index contributed by atoms with van der Waals surface area (Å²) < 4.78 is 10.8. The van der Waals surface area contributed by atoms with Gasteiger partial charge in [-0.15, -0.1) is 10.2 Å². The standard InChI is InChI=1S/C18H16ClN3O3S/c1-11(25-15-5-3-4-14(10-15)24-2)16(23)20-18-22-21-17(26-18)12-6-8-13(19)9-7-12/h3-11H,1-2H3,(H,20,22,23). The monoisotopic (exact) mass is 389 g/mol. The van der Waals surface area contributed by atoms with E-state index in [1.54, 1.807) is 50.4 Å². The minimum absolute atomic E-state index is 0.313. The van der Waals surface area contributed by atoms with Gasteiger partial charge in [0.05, 0.1) is 7.11 Å². The fourth-order valence-corrected chi connectivity index (χ4v) is 3.00. The first kappa shape index (κ1) is 18.2. The SMILES string of the molecule is COc1cccc(OC(C)C(=O)Nc2nnc(-c3ccc(Cl)cc3)s2)c1. The number of methoxy groups -OCH3 is 1. The van der Waals surface area contributed by atoms with Crippen LogP contribution < -0.4 is 14.8 Å². The Morgan fingerprint density at radius 3 is 2.62 bits per heavy atom. The molecule has 1 atom stereocenters. The van der Waals surface area contributed by atoms with Gasteiger partial charge < -0.3 is 9.47 Å². The molecule has 1 amide bonds. The second kappa shape index (κ2) is 8.16. The first-order chi connectivity index (χ1) is 12.5. The van der Waals surface area contributed by atoms with Crippen LogP contribution in [0.2, 0.25) is 5.02 Å². The summed E-state index contributed by atoms with van der Waals surface area (Å²) in [5, 5.41) is 12.5. The van der Waals surface area contributed by atoms with E-state index in [0.29, 0.717) is 26.7 Å². The van der Waals surface area contributed by atoms with E-state index >= 15 is 0 Å². The Labute approximate surface area is 159 Å². The molecule has 0 aliphatic heterocycles. The Morgan fingerprint density at radius 2 is 1.88 bits per heavy atom. The molecule has 1 aromatic heterocycles. The maximum absolute atomic E-state index is 12.3. The highest BCUT2D eigenvalue weighted by molar-refractivity contribution is 7.18. The van der Waals surface area contributed by atoms with Crippen molar-refractivity contribution in [3.05, 3.63) is 53.6 Å². The van der Waals surface area contributed by atoms with Crippen LogP contribution in [-0.4, -0.2) is 29.3 Å². The molecule has 0 aliphatic rings. The lowest BCUT2D eigenvalue weighted by Gasteiger charge is -2.14. The normalized spacial score (nSPS) is 11.7. The Kier molecular flexibility index (Phi) is 5.70. The molecule has 0 saturated heterocycles. The number of anilines is 1. The van der Waals surface area contributed by atoms with Crippen molar-refractivity contribution in [2.24, 2.45) is 0 Å². The van der Waals surface area contributed by atoms with Crippen molar-refractivity contribution in [1.29, 1.82) is 0 Å². The van der Waals surface area contributed by atoms with Gasteiger partial charge in [-0.3, -0.25) is 10.1 Å². The Morgan fingerprint density at radius 1 is 1.15 bits per heavy atom. The minimum atomic E-state index is -0.704. The van der Waals surface area contributed by atoms with Crippen molar-refractivity contribution in [2.75, 3.05) is 12.4 Å². The van der Waals surface area contributed by atoms with Gasteiger partial charge in [0.25, 0.3) is 5.91 Å². The zero-order chi connectivity index (χ0) is 18.5. The van der Waals surface area contributed by atoms with Gasteiger partial charge in [0.15, 0.2) is 6.10 Å². The summed E-state index contributed by atoms with van der Waals surface area (Å²) in [6.07, 6.45) is -0.704. The van der Waals surface area contributed by atoms with Gasteiger partial charge >= 0.3 is 0 Å². The van der Waals surface area contributed by atoms with Gasteiger partial charge in [0, 0.05) is 16.7 Å². The molecule has 0 fully saturated rings. The van der Waals surface area contributed by atoms with Crippen LogP contribution in [0.4, 0.5) is 5.13 Å². The van der Waals surface area contributed by atoms with Gasteiger partial charge in [-0.2, -0.15) is 0 Å². The number of benzene rings is 2. The molecule has 1 N–H and O–H groups in total. The maximum atomic E-state index is 12.3. The van der Waals surface area contributed by atoms with E-state index in [0.717, 1.165) is 5.56 Å². The summed E-state index contributed by atoms with van der Waals surface area (Å²) >= 11 is 7.16. The zero-order valence-corrected chi connectivity index (χ0v) is 15.7. The van der Waals surface area contributed by atoms with E-state index in [4.69, 9.17) is 21.1 Å². The Balaban J connectivity index is 1.63. The molecule has 2 aromatic carbocycles. The largest absolute Gasteiger partial charge is 0.497 e. The topological polar surface area (TPSA) is 73.3 Å². The van der Waals surface area contributed by atoms with E-state index < -0.39 is 6.10 Å². The van der Waals surface area contributed by atoms with Crippen molar-refractivity contribution in [1.82, 2.24) is 10.2 Å². The predicted molar refractivity (Wildman–Crippen MR) is 102 cm³/mol. The second-order valence-electron chi connectivity index (χ2n) is 5.35. The smallest absolute Gasteiger partial charge is 0.266 e. The molecule has 8 heteroatoms. The van der Waals surface area contributed by atoms with E-state index in [1.165, 1.54) is 11.3 Å². The van der Waals surface area contributed by atoms with Gasteiger partial charge in [0.1, 0.15) is 16.5 Å². The molecule has 1 unspecified atom stereocenters. The van der Waals surface area contributed by atoms with Crippen LogP contribution in [0.3, 0.4) is 0 Å². The third kappa shape index (κ3) is 4.50. The minimum Gasteiger partial charge on any atom is -0.497 e. The highest BCUT2D eigenvalue weighted by Crippen LogP contribution is 2.27. The fourth-order valence-electron chi connectivity index (χ4n) is 2.12. The number of amides is 1. The van der Waals surface area contributed by atoms with Crippen LogP contribution in [0.15, 0.2) is 48.5 Å². The molecule has 0 saturated carbocycles. The van der Waals surface area contributed by atoms with Crippen molar-refractivity contribution >= 4 is 34.0 Å². The third-order valence-electron chi connectivity index (χ3n) is 3.47. The summed E-state index contributed by atoms with van der Waals surface area (Å²) in [6, 6.07) is 14.3. The summed E-state index contributed by atoms with van der Waals surface area (Å²) in [6.45, 7) is 1.66. The number of aromatic nitrogens is 2. The number of nitrogens with one attached hydrogen (secondary N) is 1. The molecule has 0 aliphatic carbocycles. The molecule has 3 rings (SSSR count). The summed E-state index contributed by atoms with van der Waals surface area (Å²) in [7, 11) is 1.57. The Bertz CT molecular complexity index is 899. The van der Waals surface area contributed by atoms with Crippen LogP contribution in [0.1, 0.15) is 6.92 Å². The van der Waals surface area contributed by atoms with Gasteiger partial charge in [-0.05, 0) is 31.2 Å². The number of halogens is 1. The molecule has 26 heavy (non-hydrogen) atoms. The molecule has 0 spiro atoms. The molecule has 0 bridgehead atoms. The lowest BCUT2D eigenvalue weighted by atomic mass is 10.2.